The van der Waals surface area contributed by atoms with Crippen LogP contribution in [0.3, 0.4) is 0 Å². The first-order valence-electron chi connectivity index (χ1n) is 14.0. The van der Waals surface area contributed by atoms with Crippen LogP contribution in [0, 0.1) is 11.8 Å². The zero-order valence-electron chi connectivity index (χ0n) is 21.7. The smallest absolute Gasteiger partial charge is 0.227 e. The van der Waals surface area contributed by atoms with Crippen molar-refractivity contribution in [1.82, 2.24) is 20.1 Å². The van der Waals surface area contributed by atoms with E-state index in [0.717, 1.165) is 71.1 Å². The SMILES string of the molecule is COCCCn1cc(CN(C(=O)[C@@H]2CNC[C@H](NC(=O)C3CCCCC3)C2)C2CC2)c2ccccc21. The number of para-hydroxylation sites is 1. The maximum atomic E-state index is 13.8. The van der Waals surface area contributed by atoms with Crippen LogP contribution in [0.4, 0.5) is 0 Å². The lowest BCUT2D eigenvalue weighted by Gasteiger charge is -2.34. The molecule has 2 saturated carbocycles. The van der Waals surface area contributed by atoms with Gasteiger partial charge in [0, 0.05) is 75.0 Å². The molecule has 3 fully saturated rings. The van der Waals surface area contributed by atoms with Gasteiger partial charge in [-0.1, -0.05) is 37.5 Å². The highest BCUT2D eigenvalue weighted by molar-refractivity contribution is 5.85. The molecular weight excluding hydrogens is 452 g/mol. The quantitative estimate of drug-likeness (QED) is 0.492. The van der Waals surface area contributed by atoms with Crippen molar-refractivity contribution in [2.24, 2.45) is 11.8 Å². The number of aromatic nitrogens is 1. The molecule has 1 aliphatic heterocycles. The van der Waals surface area contributed by atoms with Gasteiger partial charge in [-0.15, -0.1) is 0 Å². The first-order valence-corrected chi connectivity index (χ1v) is 14.0. The van der Waals surface area contributed by atoms with Gasteiger partial charge in [0.15, 0.2) is 0 Å². The maximum Gasteiger partial charge on any atom is 0.227 e. The predicted octanol–water partition coefficient (Wildman–Crippen LogP) is 3.84. The Labute approximate surface area is 214 Å². The van der Waals surface area contributed by atoms with Crippen LogP contribution in [-0.2, 0) is 27.4 Å². The Bertz CT molecular complexity index is 1040. The fourth-order valence-electron chi connectivity index (χ4n) is 6.13. The molecule has 0 unspecified atom stereocenters. The van der Waals surface area contributed by atoms with Crippen molar-refractivity contribution >= 4 is 22.7 Å². The number of nitrogens with one attached hydrogen (secondary N) is 2. The van der Waals surface area contributed by atoms with Crippen LogP contribution in [0.2, 0.25) is 0 Å². The largest absolute Gasteiger partial charge is 0.385 e. The van der Waals surface area contributed by atoms with Gasteiger partial charge in [0.2, 0.25) is 11.8 Å². The zero-order valence-corrected chi connectivity index (χ0v) is 21.7. The van der Waals surface area contributed by atoms with Crippen molar-refractivity contribution in [2.45, 2.75) is 83.0 Å². The third-order valence-corrected chi connectivity index (χ3v) is 8.25. The zero-order chi connectivity index (χ0) is 24.9. The average molecular weight is 495 g/mol. The fourth-order valence-corrected chi connectivity index (χ4v) is 6.13. The molecule has 7 heteroatoms. The number of aryl methyl sites for hydroxylation is 1. The number of rotatable bonds is 10. The molecule has 2 atom stereocenters. The minimum Gasteiger partial charge on any atom is -0.385 e. The molecule has 0 bridgehead atoms. The normalized spacial score (nSPS) is 23.0. The Morgan fingerprint density at radius 2 is 1.89 bits per heavy atom. The molecule has 2 aromatic rings. The van der Waals surface area contributed by atoms with E-state index in [4.69, 9.17) is 4.74 Å². The Morgan fingerprint density at radius 1 is 1.08 bits per heavy atom. The second kappa shape index (κ2) is 11.8. The highest BCUT2D eigenvalue weighted by Crippen LogP contribution is 2.33. The van der Waals surface area contributed by atoms with Gasteiger partial charge in [0.1, 0.15) is 0 Å². The van der Waals surface area contributed by atoms with Crippen LogP contribution >= 0.6 is 0 Å². The number of amides is 2. The minimum atomic E-state index is -0.0916. The van der Waals surface area contributed by atoms with Gasteiger partial charge in [0.25, 0.3) is 0 Å². The van der Waals surface area contributed by atoms with E-state index in [9.17, 15) is 9.59 Å². The van der Waals surface area contributed by atoms with Gasteiger partial charge in [-0.25, -0.2) is 0 Å². The van der Waals surface area contributed by atoms with Crippen LogP contribution in [0.1, 0.15) is 63.4 Å². The molecule has 1 aromatic heterocycles. The van der Waals surface area contributed by atoms with Crippen LogP contribution < -0.4 is 10.6 Å². The van der Waals surface area contributed by atoms with Crippen molar-refractivity contribution in [1.29, 1.82) is 0 Å². The first kappa shape index (κ1) is 25.3. The number of carbonyl (C=O) groups excluding carboxylic acids is 2. The molecule has 36 heavy (non-hydrogen) atoms. The third-order valence-electron chi connectivity index (χ3n) is 8.25. The average Bonchev–Trinajstić information content (AvgIpc) is 3.70. The molecule has 3 aliphatic rings. The van der Waals surface area contributed by atoms with Gasteiger partial charge in [-0.2, -0.15) is 0 Å². The molecule has 0 spiro atoms. The second-order valence-corrected chi connectivity index (χ2v) is 11.0. The molecule has 2 amide bonds. The lowest BCUT2D eigenvalue weighted by Crippen LogP contribution is -2.53. The summed E-state index contributed by atoms with van der Waals surface area (Å²) in [5.41, 5.74) is 2.44. The number of piperidine rings is 1. The summed E-state index contributed by atoms with van der Waals surface area (Å²) in [5, 5.41) is 7.94. The summed E-state index contributed by atoms with van der Waals surface area (Å²) < 4.78 is 7.56. The molecule has 0 radical (unpaired) electrons. The number of fused-ring (bicyclic) bond motifs is 1. The number of ether oxygens (including phenoxy) is 1. The number of benzene rings is 1. The maximum absolute atomic E-state index is 13.8. The summed E-state index contributed by atoms with van der Waals surface area (Å²) in [6.45, 7) is 3.73. The van der Waals surface area contributed by atoms with Crippen molar-refractivity contribution < 1.29 is 14.3 Å². The van der Waals surface area contributed by atoms with E-state index >= 15 is 0 Å². The summed E-state index contributed by atoms with van der Waals surface area (Å²) in [6, 6.07) is 8.87. The summed E-state index contributed by atoms with van der Waals surface area (Å²) >= 11 is 0. The summed E-state index contributed by atoms with van der Waals surface area (Å²) in [4.78, 5) is 28.8. The number of nitrogens with zero attached hydrogens (tertiary/aromatic N) is 2. The Hall–Kier alpha value is -2.38. The lowest BCUT2D eigenvalue weighted by molar-refractivity contribution is -0.138. The molecule has 1 aromatic carbocycles. The Morgan fingerprint density at radius 3 is 2.67 bits per heavy atom. The minimum absolute atomic E-state index is 0.0332. The summed E-state index contributed by atoms with van der Waals surface area (Å²) in [5.74, 6) is 0.484. The van der Waals surface area contributed by atoms with E-state index in [2.05, 4.69) is 50.6 Å². The van der Waals surface area contributed by atoms with Crippen molar-refractivity contribution in [3.8, 4) is 0 Å². The van der Waals surface area contributed by atoms with Crippen LogP contribution in [0.5, 0.6) is 0 Å². The standard InChI is InChI=1S/C29H42N4O3/c1-36-15-7-14-32-19-23(26-10-5-6-11-27(26)32)20-33(25-12-13-25)29(35)22-16-24(18-30-17-22)31-28(34)21-8-3-2-4-9-21/h5-6,10-11,19,21-22,24-25,30H,2-4,7-9,12-18,20H2,1H3,(H,31,34)/t22-,24+/m0/s1. The van der Waals surface area contributed by atoms with Gasteiger partial charge in [-0.05, 0) is 50.2 Å². The van der Waals surface area contributed by atoms with Gasteiger partial charge in [-0.3, -0.25) is 9.59 Å². The molecule has 196 valence electrons. The number of carbonyl (C=O) groups is 2. The predicted molar refractivity (Wildman–Crippen MR) is 141 cm³/mol. The third kappa shape index (κ3) is 5.94. The molecule has 5 rings (SSSR count). The lowest BCUT2D eigenvalue weighted by atomic mass is 9.87. The number of hydrogen-bond acceptors (Lipinski definition) is 4. The van der Waals surface area contributed by atoms with Crippen LogP contribution in [0.15, 0.2) is 30.5 Å². The van der Waals surface area contributed by atoms with E-state index in [1.165, 1.54) is 22.9 Å². The summed E-state index contributed by atoms with van der Waals surface area (Å²) in [7, 11) is 1.74. The topological polar surface area (TPSA) is 75.6 Å². The number of hydrogen-bond donors (Lipinski definition) is 2. The van der Waals surface area contributed by atoms with E-state index in [-0.39, 0.29) is 29.7 Å². The fraction of sp³-hybridized carbons (Fsp3) is 0.655. The van der Waals surface area contributed by atoms with Gasteiger partial charge >= 0.3 is 0 Å². The van der Waals surface area contributed by atoms with E-state index in [1.54, 1.807) is 7.11 Å². The Balaban J connectivity index is 1.26. The first-order chi connectivity index (χ1) is 17.6. The Kier molecular flexibility index (Phi) is 8.27. The van der Waals surface area contributed by atoms with Crippen LogP contribution in [0.25, 0.3) is 10.9 Å². The molecule has 2 heterocycles. The van der Waals surface area contributed by atoms with Crippen LogP contribution in [-0.4, -0.2) is 60.2 Å². The van der Waals surface area contributed by atoms with Crippen molar-refractivity contribution in [3.05, 3.63) is 36.0 Å². The van der Waals surface area contributed by atoms with Crippen molar-refractivity contribution in [2.75, 3.05) is 26.8 Å². The van der Waals surface area contributed by atoms with E-state index in [1.807, 2.05) is 0 Å². The highest BCUT2D eigenvalue weighted by atomic mass is 16.5. The van der Waals surface area contributed by atoms with Crippen molar-refractivity contribution in [3.63, 3.8) is 0 Å². The van der Waals surface area contributed by atoms with Gasteiger partial charge < -0.3 is 24.8 Å². The molecule has 2 N–H and O–H groups in total. The monoisotopic (exact) mass is 494 g/mol. The second-order valence-electron chi connectivity index (χ2n) is 11.0. The van der Waals surface area contributed by atoms with E-state index in [0.29, 0.717) is 19.1 Å². The molecule has 2 aliphatic carbocycles. The number of methoxy groups -OCH3 is 1. The molecule has 7 nitrogen and oxygen atoms in total. The highest BCUT2D eigenvalue weighted by Gasteiger charge is 2.38. The molecule has 1 saturated heterocycles. The van der Waals surface area contributed by atoms with Gasteiger partial charge in [0.05, 0.1) is 5.92 Å². The van der Waals surface area contributed by atoms with E-state index < -0.39 is 0 Å². The summed E-state index contributed by atoms with van der Waals surface area (Å²) in [6.07, 6.45) is 11.6. The molecular formula is C29H42N4O3.